The lowest BCUT2D eigenvalue weighted by atomic mass is 9.85. The predicted molar refractivity (Wildman–Crippen MR) is 60.8 cm³/mol. The van der Waals surface area contributed by atoms with E-state index in [4.69, 9.17) is 0 Å². The minimum atomic E-state index is 0.196. The summed E-state index contributed by atoms with van der Waals surface area (Å²) in [6.07, 6.45) is 0. The summed E-state index contributed by atoms with van der Waals surface area (Å²) >= 11 is 0. The minimum Gasteiger partial charge on any atom is -0.267 e. The van der Waals surface area contributed by atoms with Gasteiger partial charge in [0.05, 0.1) is 5.69 Å². The van der Waals surface area contributed by atoms with E-state index >= 15 is 0 Å². The monoisotopic (exact) mass is 194 g/mol. The molecule has 0 unspecified atom stereocenters. The van der Waals surface area contributed by atoms with Crippen molar-refractivity contribution in [2.24, 2.45) is 0 Å². The average molecular weight is 194 g/mol. The molecule has 2 nitrogen and oxygen atoms in total. The van der Waals surface area contributed by atoms with Crippen LogP contribution in [-0.2, 0) is 5.41 Å². The second-order valence-electron chi connectivity index (χ2n) is 5.33. The molecule has 1 rings (SSSR count). The maximum absolute atomic E-state index is 4.59. The molecular weight excluding hydrogens is 172 g/mol. The van der Waals surface area contributed by atoms with Gasteiger partial charge in [-0.1, -0.05) is 20.8 Å². The van der Waals surface area contributed by atoms with Gasteiger partial charge in [-0.15, -0.1) is 0 Å². The van der Waals surface area contributed by atoms with E-state index in [9.17, 15) is 0 Å². The summed E-state index contributed by atoms with van der Waals surface area (Å²) in [6, 6.07) is 0.449. The fourth-order valence-corrected chi connectivity index (χ4v) is 2.25. The Bertz CT molecular complexity index is 327. The lowest BCUT2D eigenvalue weighted by molar-refractivity contribution is 0.511. The molecule has 0 saturated carbocycles. The Morgan fingerprint density at radius 1 is 1.14 bits per heavy atom. The Labute approximate surface area is 87.3 Å². The van der Waals surface area contributed by atoms with E-state index < -0.39 is 0 Å². The zero-order valence-electron chi connectivity index (χ0n) is 10.5. The first-order valence-electron chi connectivity index (χ1n) is 5.31. The van der Waals surface area contributed by atoms with Crippen molar-refractivity contribution in [3.63, 3.8) is 0 Å². The number of aromatic nitrogens is 2. The summed E-state index contributed by atoms with van der Waals surface area (Å²) < 4.78 is 2.12. The number of rotatable bonds is 1. The SMILES string of the molecule is Cc1nn(C(C)C)c(C)c1C(C)(C)C. The lowest BCUT2D eigenvalue weighted by Crippen LogP contribution is -2.14. The second kappa shape index (κ2) is 3.41. The molecule has 0 atom stereocenters. The van der Waals surface area contributed by atoms with Gasteiger partial charge in [-0.3, -0.25) is 4.68 Å². The van der Waals surface area contributed by atoms with E-state index in [1.54, 1.807) is 0 Å². The van der Waals surface area contributed by atoms with Crippen molar-refractivity contribution >= 4 is 0 Å². The molecule has 1 heterocycles. The fraction of sp³-hybridized carbons (Fsp3) is 0.750. The van der Waals surface area contributed by atoms with Crippen LogP contribution in [0.5, 0.6) is 0 Å². The van der Waals surface area contributed by atoms with Gasteiger partial charge in [-0.05, 0) is 33.1 Å². The molecule has 80 valence electrons. The standard InChI is InChI=1S/C12H22N2/c1-8(2)14-10(4)11(9(3)13-14)12(5,6)7/h8H,1-7H3. The molecule has 0 N–H and O–H groups in total. The Morgan fingerprint density at radius 2 is 1.64 bits per heavy atom. The zero-order chi connectivity index (χ0) is 11.1. The maximum atomic E-state index is 4.59. The largest absolute Gasteiger partial charge is 0.267 e. The molecule has 0 aromatic carbocycles. The van der Waals surface area contributed by atoms with Crippen LogP contribution in [0.25, 0.3) is 0 Å². The minimum absolute atomic E-state index is 0.196. The van der Waals surface area contributed by atoms with Crippen molar-refractivity contribution in [1.82, 2.24) is 9.78 Å². The van der Waals surface area contributed by atoms with E-state index in [1.165, 1.54) is 17.0 Å². The first-order valence-corrected chi connectivity index (χ1v) is 5.31. The van der Waals surface area contributed by atoms with Crippen LogP contribution >= 0.6 is 0 Å². The molecule has 14 heavy (non-hydrogen) atoms. The van der Waals surface area contributed by atoms with E-state index in [1.807, 2.05) is 0 Å². The Balaban J connectivity index is 3.33. The van der Waals surface area contributed by atoms with Crippen molar-refractivity contribution in [2.45, 2.75) is 59.9 Å². The summed E-state index contributed by atoms with van der Waals surface area (Å²) in [5.41, 5.74) is 4.07. The van der Waals surface area contributed by atoms with E-state index in [0.717, 1.165) is 0 Å². The van der Waals surface area contributed by atoms with Crippen molar-refractivity contribution in [3.8, 4) is 0 Å². The van der Waals surface area contributed by atoms with Gasteiger partial charge in [0.2, 0.25) is 0 Å². The van der Waals surface area contributed by atoms with Crippen LogP contribution in [0.2, 0.25) is 0 Å². The molecule has 0 saturated heterocycles. The van der Waals surface area contributed by atoms with Gasteiger partial charge in [-0.2, -0.15) is 5.10 Å². The Kier molecular flexibility index (Phi) is 2.75. The number of aryl methyl sites for hydroxylation is 1. The van der Waals surface area contributed by atoms with Crippen LogP contribution in [0.4, 0.5) is 0 Å². The summed E-state index contributed by atoms with van der Waals surface area (Å²) in [5, 5.41) is 4.59. The zero-order valence-corrected chi connectivity index (χ0v) is 10.5. The van der Waals surface area contributed by atoms with E-state index in [-0.39, 0.29) is 5.41 Å². The normalized spacial score (nSPS) is 12.6. The molecule has 1 aromatic rings. The highest BCUT2D eigenvalue weighted by atomic mass is 15.3. The van der Waals surface area contributed by atoms with Crippen LogP contribution in [0.1, 0.15) is 57.6 Å². The van der Waals surface area contributed by atoms with Crippen molar-refractivity contribution in [1.29, 1.82) is 0 Å². The molecule has 0 radical (unpaired) electrons. The molecule has 2 heteroatoms. The van der Waals surface area contributed by atoms with Crippen LogP contribution in [0.3, 0.4) is 0 Å². The molecule has 0 aliphatic carbocycles. The molecule has 0 bridgehead atoms. The van der Waals surface area contributed by atoms with Crippen LogP contribution in [0, 0.1) is 13.8 Å². The second-order valence-corrected chi connectivity index (χ2v) is 5.33. The predicted octanol–water partition coefficient (Wildman–Crippen LogP) is 3.38. The third-order valence-corrected chi connectivity index (χ3v) is 2.56. The average Bonchev–Trinajstić information content (AvgIpc) is 2.24. The van der Waals surface area contributed by atoms with Gasteiger partial charge in [0.1, 0.15) is 0 Å². The highest BCUT2D eigenvalue weighted by Crippen LogP contribution is 2.29. The summed E-state index contributed by atoms with van der Waals surface area (Å²) in [5.74, 6) is 0. The van der Waals surface area contributed by atoms with Crippen molar-refractivity contribution in [3.05, 3.63) is 17.0 Å². The fourth-order valence-electron chi connectivity index (χ4n) is 2.25. The van der Waals surface area contributed by atoms with Gasteiger partial charge >= 0.3 is 0 Å². The van der Waals surface area contributed by atoms with Gasteiger partial charge in [-0.25, -0.2) is 0 Å². The van der Waals surface area contributed by atoms with Gasteiger partial charge in [0, 0.05) is 17.3 Å². The molecular formula is C12H22N2. The smallest absolute Gasteiger partial charge is 0.0633 e. The number of hydrogen-bond donors (Lipinski definition) is 0. The van der Waals surface area contributed by atoms with Crippen molar-refractivity contribution in [2.75, 3.05) is 0 Å². The topological polar surface area (TPSA) is 17.8 Å². The Hall–Kier alpha value is -0.790. The Morgan fingerprint density at radius 3 is 1.86 bits per heavy atom. The summed E-state index contributed by atoms with van der Waals surface area (Å²) in [4.78, 5) is 0. The quantitative estimate of drug-likeness (QED) is 0.670. The first kappa shape index (κ1) is 11.3. The van der Waals surface area contributed by atoms with Crippen LogP contribution in [-0.4, -0.2) is 9.78 Å². The molecule has 0 aliphatic heterocycles. The summed E-state index contributed by atoms with van der Waals surface area (Å²) in [7, 11) is 0. The lowest BCUT2D eigenvalue weighted by Gasteiger charge is -2.19. The van der Waals surface area contributed by atoms with Gasteiger partial charge < -0.3 is 0 Å². The van der Waals surface area contributed by atoms with Crippen LogP contribution in [0.15, 0.2) is 0 Å². The maximum Gasteiger partial charge on any atom is 0.0633 e. The highest BCUT2D eigenvalue weighted by Gasteiger charge is 2.23. The van der Waals surface area contributed by atoms with Crippen molar-refractivity contribution < 1.29 is 0 Å². The molecule has 0 fully saturated rings. The van der Waals surface area contributed by atoms with E-state index in [2.05, 4.69) is 58.2 Å². The first-order chi connectivity index (χ1) is 6.25. The van der Waals surface area contributed by atoms with E-state index in [0.29, 0.717) is 6.04 Å². The molecule has 0 aliphatic rings. The third-order valence-electron chi connectivity index (χ3n) is 2.56. The van der Waals surface area contributed by atoms with Crippen LogP contribution < -0.4 is 0 Å². The number of nitrogens with zero attached hydrogens (tertiary/aromatic N) is 2. The third kappa shape index (κ3) is 1.84. The number of hydrogen-bond acceptors (Lipinski definition) is 1. The molecule has 0 amide bonds. The molecule has 0 spiro atoms. The summed E-state index contributed by atoms with van der Waals surface area (Å²) in [6.45, 7) is 15.4. The van der Waals surface area contributed by atoms with Gasteiger partial charge in [0.25, 0.3) is 0 Å². The van der Waals surface area contributed by atoms with Gasteiger partial charge in [0.15, 0.2) is 0 Å². The molecule has 1 aromatic heterocycles. The highest BCUT2D eigenvalue weighted by molar-refractivity contribution is 5.31.